The number of aromatic nitrogens is 1. The molecular formula is C7H7F3N2O. The van der Waals surface area contributed by atoms with E-state index in [1.165, 1.54) is 0 Å². The first kappa shape index (κ1) is 9.79. The average molecular weight is 192 g/mol. The molecule has 0 fully saturated rings. The molecule has 3 N–H and O–H groups in total. The van der Waals surface area contributed by atoms with Crippen LogP contribution in [0.25, 0.3) is 0 Å². The number of aromatic hydroxyl groups is 1. The quantitative estimate of drug-likeness (QED) is 0.706. The van der Waals surface area contributed by atoms with Gasteiger partial charge in [-0.25, -0.2) is 0 Å². The summed E-state index contributed by atoms with van der Waals surface area (Å²) in [4.78, 5) is 3.35. The van der Waals surface area contributed by atoms with E-state index in [1.807, 2.05) is 0 Å². The number of pyridine rings is 1. The van der Waals surface area contributed by atoms with Crippen molar-refractivity contribution < 1.29 is 18.3 Å². The van der Waals surface area contributed by atoms with Gasteiger partial charge in [-0.05, 0) is 12.1 Å². The minimum Gasteiger partial charge on any atom is -0.506 e. The second kappa shape index (κ2) is 3.21. The molecule has 0 saturated heterocycles. The van der Waals surface area contributed by atoms with Crippen LogP contribution < -0.4 is 5.73 Å². The number of nitrogens with zero attached hydrogens (tertiary/aromatic N) is 1. The lowest BCUT2D eigenvalue weighted by Gasteiger charge is -2.14. The van der Waals surface area contributed by atoms with E-state index in [0.717, 1.165) is 18.3 Å². The van der Waals surface area contributed by atoms with Crippen LogP contribution in [0.15, 0.2) is 18.3 Å². The molecule has 0 aliphatic carbocycles. The summed E-state index contributed by atoms with van der Waals surface area (Å²) >= 11 is 0. The van der Waals surface area contributed by atoms with Gasteiger partial charge in [0.05, 0.1) is 11.9 Å². The molecule has 0 bridgehead atoms. The molecule has 0 spiro atoms. The van der Waals surface area contributed by atoms with Crippen LogP contribution in [0.4, 0.5) is 13.2 Å². The molecule has 13 heavy (non-hydrogen) atoms. The van der Waals surface area contributed by atoms with Crippen molar-refractivity contribution in [3.8, 4) is 5.75 Å². The van der Waals surface area contributed by atoms with E-state index in [0.29, 0.717) is 0 Å². The first-order valence-electron chi connectivity index (χ1n) is 3.38. The van der Waals surface area contributed by atoms with Gasteiger partial charge in [0.2, 0.25) is 0 Å². The highest BCUT2D eigenvalue weighted by molar-refractivity contribution is 5.20. The largest absolute Gasteiger partial charge is 0.506 e. The molecule has 0 amide bonds. The zero-order valence-electron chi connectivity index (χ0n) is 6.42. The van der Waals surface area contributed by atoms with E-state index < -0.39 is 12.2 Å². The van der Waals surface area contributed by atoms with Crippen LogP contribution in [-0.4, -0.2) is 16.3 Å². The highest BCUT2D eigenvalue weighted by Crippen LogP contribution is 2.29. The van der Waals surface area contributed by atoms with E-state index in [9.17, 15) is 13.2 Å². The fourth-order valence-corrected chi connectivity index (χ4v) is 0.749. The Morgan fingerprint density at radius 3 is 2.38 bits per heavy atom. The highest BCUT2D eigenvalue weighted by atomic mass is 19.4. The summed E-state index contributed by atoms with van der Waals surface area (Å²) in [6.07, 6.45) is -3.59. The monoisotopic (exact) mass is 192 g/mol. The van der Waals surface area contributed by atoms with Crippen molar-refractivity contribution >= 4 is 0 Å². The van der Waals surface area contributed by atoms with E-state index in [-0.39, 0.29) is 11.4 Å². The summed E-state index contributed by atoms with van der Waals surface area (Å²) in [5.41, 5.74) is 4.54. The van der Waals surface area contributed by atoms with Gasteiger partial charge in [0.25, 0.3) is 0 Å². The molecule has 0 aliphatic heterocycles. The zero-order chi connectivity index (χ0) is 10.1. The van der Waals surface area contributed by atoms with Gasteiger partial charge >= 0.3 is 6.18 Å². The average Bonchev–Trinajstić information content (AvgIpc) is 2.03. The Morgan fingerprint density at radius 2 is 2.00 bits per heavy atom. The minimum atomic E-state index is -4.51. The summed E-state index contributed by atoms with van der Waals surface area (Å²) in [6.45, 7) is 0. The fourth-order valence-electron chi connectivity index (χ4n) is 0.749. The number of halogens is 3. The van der Waals surface area contributed by atoms with Crippen molar-refractivity contribution in [2.75, 3.05) is 0 Å². The topological polar surface area (TPSA) is 59.1 Å². The SMILES string of the molecule is N[C@H](c1ccc(O)cn1)C(F)(F)F. The van der Waals surface area contributed by atoms with E-state index in [1.54, 1.807) is 0 Å². The van der Waals surface area contributed by atoms with Crippen LogP contribution in [-0.2, 0) is 0 Å². The van der Waals surface area contributed by atoms with Gasteiger partial charge in [-0.15, -0.1) is 0 Å². The Kier molecular flexibility index (Phi) is 2.42. The molecule has 1 aromatic rings. The van der Waals surface area contributed by atoms with Gasteiger partial charge in [-0.2, -0.15) is 13.2 Å². The Balaban J connectivity index is 2.90. The number of alkyl halides is 3. The number of nitrogens with two attached hydrogens (primary N) is 1. The van der Waals surface area contributed by atoms with Crippen LogP contribution >= 0.6 is 0 Å². The molecule has 6 heteroatoms. The van der Waals surface area contributed by atoms with Crippen molar-refractivity contribution in [3.63, 3.8) is 0 Å². The predicted octanol–water partition coefficient (Wildman–Crippen LogP) is 1.35. The lowest BCUT2D eigenvalue weighted by Crippen LogP contribution is -2.29. The maximum Gasteiger partial charge on any atom is 0.409 e. The second-order valence-corrected chi connectivity index (χ2v) is 2.46. The lowest BCUT2D eigenvalue weighted by molar-refractivity contribution is -0.150. The Hall–Kier alpha value is -1.30. The van der Waals surface area contributed by atoms with Crippen LogP contribution in [0.3, 0.4) is 0 Å². The van der Waals surface area contributed by atoms with Gasteiger partial charge in [0.15, 0.2) is 0 Å². The van der Waals surface area contributed by atoms with Crippen LogP contribution in [0.1, 0.15) is 11.7 Å². The molecular weight excluding hydrogens is 185 g/mol. The number of rotatable bonds is 1. The normalized spacial score (nSPS) is 14.2. The number of hydrogen-bond donors (Lipinski definition) is 2. The van der Waals surface area contributed by atoms with Gasteiger partial charge in [-0.3, -0.25) is 4.98 Å². The Morgan fingerprint density at radius 1 is 1.38 bits per heavy atom. The van der Waals surface area contributed by atoms with Crippen molar-refractivity contribution in [3.05, 3.63) is 24.0 Å². The molecule has 0 saturated carbocycles. The van der Waals surface area contributed by atoms with E-state index >= 15 is 0 Å². The predicted molar refractivity (Wildman–Crippen MR) is 38.9 cm³/mol. The molecule has 0 unspecified atom stereocenters. The summed E-state index contributed by atoms with van der Waals surface area (Å²) in [6, 6.07) is 0.0367. The lowest BCUT2D eigenvalue weighted by atomic mass is 10.2. The van der Waals surface area contributed by atoms with Crippen LogP contribution in [0, 0.1) is 0 Å². The van der Waals surface area contributed by atoms with Gasteiger partial charge < -0.3 is 10.8 Å². The molecule has 1 heterocycles. The Labute approximate surface area is 72.0 Å². The molecule has 1 aromatic heterocycles. The van der Waals surface area contributed by atoms with Gasteiger partial charge in [-0.1, -0.05) is 0 Å². The first-order chi connectivity index (χ1) is 5.91. The fraction of sp³-hybridized carbons (Fsp3) is 0.286. The number of hydrogen-bond acceptors (Lipinski definition) is 3. The molecule has 0 aromatic carbocycles. The zero-order valence-corrected chi connectivity index (χ0v) is 6.42. The molecule has 0 radical (unpaired) electrons. The summed E-state index contributed by atoms with van der Waals surface area (Å²) < 4.78 is 36.0. The summed E-state index contributed by atoms with van der Waals surface area (Å²) in [5, 5.41) is 8.76. The molecule has 3 nitrogen and oxygen atoms in total. The van der Waals surface area contributed by atoms with Crippen molar-refractivity contribution in [1.82, 2.24) is 4.98 Å². The first-order valence-corrected chi connectivity index (χ1v) is 3.38. The van der Waals surface area contributed by atoms with Crippen LogP contribution in [0.5, 0.6) is 5.75 Å². The maximum absolute atomic E-state index is 12.0. The van der Waals surface area contributed by atoms with Crippen molar-refractivity contribution in [1.29, 1.82) is 0 Å². The highest BCUT2D eigenvalue weighted by Gasteiger charge is 2.38. The standard InChI is InChI=1S/C7H7F3N2O/c8-7(9,10)6(11)5-2-1-4(13)3-12-5/h1-3,6,13H,11H2/t6-/m1/s1. The Bertz CT molecular complexity index is 283. The third-order valence-corrected chi connectivity index (χ3v) is 1.44. The molecule has 0 aliphatic rings. The van der Waals surface area contributed by atoms with Crippen molar-refractivity contribution in [2.24, 2.45) is 5.73 Å². The van der Waals surface area contributed by atoms with E-state index in [2.05, 4.69) is 4.98 Å². The van der Waals surface area contributed by atoms with Crippen molar-refractivity contribution in [2.45, 2.75) is 12.2 Å². The molecule has 1 atom stereocenters. The molecule has 1 rings (SSSR count). The van der Waals surface area contributed by atoms with Gasteiger partial charge in [0, 0.05) is 0 Å². The van der Waals surface area contributed by atoms with E-state index in [4.69, 9.17) is 10.8 Å². The maximum atomic E-state index is 12.0. The molecule has 72 valence electrons. The minimum absolute atomic E-state index is 0.196. The summed E-state index contributed by atoms with van der Waals surface area (Å²) in [5.74, 6) is -0.196. The third kappa shape index (κ3) is 2.32. The van der Waals surface area contributed by atoms with Gasteiger partial charge in [0.1, 0.15) is 11.8 Å². The summed E-state index contributed by atoms with van der Waals surface area (Å²) in [7, 11) is 0. The van der Waals surface area contributed by atoms with Crippen LogP contribution in [0.2, 0.25) is 0 Å². The smallest absolute Gasteiger partial charge is 0.409 e. The third-order valence-electron chi connectivity index (χ3n) is 1.44. The second-order valence-electron chi connectivity index (χ2n) is 2.46.